The van der Waals surface area contributed by atoms with Gasteiger partial charge < -0.3 is 11.5 Å². The number of nitriles is 1. The first kappa shape index (κ1) is 10.1. The van der Waals surface area contributed by atoms with Gasteiger partial charge in [-0.25, -0.2) is 4.98 Å². The van der Waals surface area contributed by atoms with Crippen LogP contribution in [0.3, 0.4) is 0 Å². The summed E-state index contributed by atoms with van der Waals surface area (Å²) >= 11 is 0. The molecule has 16 heavy (non-hydrogen) atoms. The van der Waals surface area contributed by atoms with Crippen LogP contribution in [0.5, 0.6) is 0 Å². The Balaban J connectivity index is 2.79. The van der Waals surface area contributed by atoms with Gasteiger partial charge in [-0.3, -0.25) is 0 Å². The van der Waals surface area contributed by atoms with Crippen LogP contribution >= 0.6 is 0 Å². The Bertz CT molecular complexity index is 598. The van der Waals surface area contributed by atoms with Gasteiger partial charge in [-0.05, 0) is 18.1 Å². The monoisotopic (exact) mass is 214 g/mol. The number of aryl methyl sites for hydroxylation is 1. The lowest BCUT2D eigenvalue weighted by molar-refractivity contribution is 1.14. The predicted molar refractivity (Wildman–Crippen MR) is 60.2 cm³/mol. The van der Waals surface area contributed by atoms with Crippen molar-refractivity contribution in [3.05, 3.63) is 17.3 Å². The molecule has 0 saturated heterocycles. The summed E-state index contributed by atoms with van der Waals surface area (Å²) in [4.78, 5) is 12.0. The Labute approximate surface area is 91.9 Å². The minimum atomic E-state index is 0.102. The topological polar surface area (TPSA) is 114 Å². The molecule has 0 radical (unpaired) electrons. The standard InChI is InChI=1S/C10H10N6/c1-5-6(2-3-11)4-14-9-7(5)8(12)15-10(13)16-9/h4H,2H2,1H3,(H4,12,13,14,15,16). The van der Waals surface area contributed by atoms with Gasteiger partial charge >= 0.3 is 0 Å². The second-order valence-electron chi connectivity index (χ2n) is 3.41. The average molecular weight is 214 g/mol. The highest BCUT2D eigenvalue weighted by Gasteiger charge is 2.10. The van der Waals surface area contributed by atoms with E-state index in [1.807, 2.05) is 6.92 Å². The maximum absolute atomic E-state index is 8.67. The molecule has 4 N–H and O–H groups in total. The first-order valence-corrected chi connectivity index (χ1v) is 4.67. The van der Waals surface area contributed by atoms with E-state index in [9.17, 15) is 0 Å². The van der Waals surface area contributed by atoms with E-state index in [4.69, 9.17) is 16.7 Å². The van der Waals surface area contributed by atoms with E-state index in [0.29, 0.717) is 23.3 Å². The van der Waals surface area contributed by atoms with Crippen LogP contribution in [0.2, 0.25) is 0 Å². The molecule has 2 rings (SSSR count). The molecule has 2 heterocycles. The quantitative estimate of drug-likeness (QED) is 0.716. The fraction of sp³-hybridized carbons (Fsp3) is 0.200. The fourth-order valence-electron chi connectivity index (χ4n) is 1.60. The minimum absolute atomic E-state index is 0.102. The van der Waals surface area contributed by atoms with Crippen molar-refractivity contribution in [2.75, 3.05) is 11.5 Å². The molecule has 0 aliphatic rings. The first-order chi connectivity index (χ1) is 7.63. The Morgan fingerprint density at radius 2 is 2.12 bits per heavy atom. The van der Waals surface area contributed by atoms with E-state index < -0.39 is 0 Å². The van der Waals surface area contributed by atoms with Crippen molar-refractivity contribution in [1.29, 1.82) is 5.26 Å². The van der Waals surface area contributed by atoms with E-state index in [1.165, 1.54) is 0 Å². The van der Waals surface area contributed by atoms with Crippen molar-refractivity contribution in [3.8, 4) is 6.07 Å². The number of rotatable bonds is 1. The van der Waals surface area contributed by atoms with Crippen LogP contribution in [-0.2, 0) is 6.42 Å². The van der Waals surface area contributed by atoms with Crippen LogP contribution in [0.1, 0.15) is 11.1 Å². The molecule has 6 heteroatoms. The highest BCUT2D eigenvalue weighted by molar-refractivity contribution is 5.89. The highest BCUT2D eigenvalue weighted by atomic mass is 15.1. The van der Waals surface area contributed by atoms with Crippen molar-refractivity contribution in [2.24, 2.45) is 0 Å². The zero-order chi connectivity index (χ0) is 11.7. The Hall–Kier alpha value is -2.42. The number of fused-ring (bicyclic) bond motifs is 1. The third-order valence-electron chi connectivity index (χ3n) is 2.40. The van der Waals surface area contributed by atoms with Gasteiger partial charge in [0.2, 0.25) is 5.95 Å². The zero-order valence-electron chi connectivity index (χ0n) is 8.73. The summed E-state index contributed by atoms with van der Waals surface area (Å²) in [6.45, 7) is 1.87. The summed E-state index contributed by atoms with van der Waals surface area (Å²) < 4.78 is 0. The molecule has 0 aromatic carbocycles. The summed E-state index contributed by atoms with van der Waals surface area (Å²) in [5.41, 5.74) is 13.4. The van der Waals surface area contributed by atoms with E-state index >= 15 is 0 Å². The summed E-state index contributed by atoms with van der Waals surface area (Å²) in [6, 6.07) is 2.07. The number of nitrogen functional groups attached to an aromatic ring is 2. The molecule has 0 atom stereocenters. The zero-order valence-corrected chi connectivity index (χ0v) is 8.73. The lowest BCUT2D eigenvalue weighted by atomic mass is 10.1. The predicted octanol–water partition coefficient (Wildman–Crippen LogP) is 0.564. The van der Waals surface area contributed by atoms with Gasteiger partial charge in [0.15, 0.2) is 5.65 Å². The maximum Gasteiger partial charge on any atom is 0.224 e. The van der Waals surface area contributed by atoms with Gasteiger partial charge in [0.05, 0.1) is 17.9 Å². The van der Waals surface area contributed by atoms with Crippen LogP contribution in [-0.4, -0.2) is 15.0 Å². The molecule has 80 valence electrons. The van der Waals surface area contributed by atoms with Gasteiger partial charge in [-0.1, -0.05) is 0 Å². The van der Waals surface area contributed by atoms with E-state index in [1.54, 1.807) is 6.20 Å². The SMILES string of the molecule is Cc1c(CC#N)cnc2nc(N)nc(N)c12. The van der Waals surface area contributed by atoms with E-state index in [0.717, 1.165) is 11.1 Å². The van der Waals surface area contributed by atoms with Crippen LogP contribution in [0.15, 0.2) is 6.20 Å². The normalized spacial score (nSPS) is 10.2. The van der Waals surface area contributed by atoms with E-state index in [2.05, 4.69) is 21.0 Å². The van der Waals surface area contributed by atoms with Gasteiger partial charge in [0.25, 0.3) is 0 Å². The third kappa shape index (κ3) is 1.48. The molecule has 0 fully saturated rings. The van der Waals surface area contributed by atoms with Crippen LogP contribution in [0.4, 0.5) is 11.8 Å². The number of nitrogens with two attached hydrogens (primary N) is 2. The smallest absolute Gasteiger partial charge is 0.224 e. The number of nitrogens with zero attached hydrogens (tertiary/aromatic N) is 4. The average Bonchev–Trinajstić information content (AvgIpc) is 2.21. The largest absolute Gasteiger partial charge is 0.383 e. The summed E-state index contributed by atoms with van der Waals surface area (Å²) in [6.07, 6.45) is 1.91. The van der Waals surface area contributed by atoms with Gasteiger partial charge in [0, 0.05) is 6.20 Å². The molecular weight excluding hydrogens is 204 g/mol. The minimum Gasteiger partial charge on any atom is -0.383 e. The second kappa shape index (κ2) is 3.62. The van der Waals surface area contributed by atoms with E-state index in [-0.39, 0.29) is 5.95 Å². The Morgan fingerprint density at radius 1 is 1.38 bits per heavy atom. The molecule has 0 spiro atoms. The van der Waals surface area contributed by atoms with Gasteiger partial charge in [-0.15, -0.1) is 0 Å². The summed E-state index contributed by atoms with van der Waals surface area (Å²) in [5, 5.41) is 9.34. The molecule has 0 aliphatic carbocycles. The molecule has 2 aromatic heterocycles. The number of aromatic nitrogens is 3. The lowest BCUT2D eigenvalue weighted by Crippen LogP contribution is -2.04. The van der Waals surface area contributed by atoms with Crippen molar-refractivity contribution >= 4 is 22.8 Å². The molecule has 6 nitrogen and oxygen atoms in total. The molecule has 0 unspecified atom stereocenters. The number of anilines is 2. The highest BCUT2D eigenvalue weighted by Crippen LogP contribution is 2.23. The number of hydrogen-bond donors (Lipinski definition) is 2. The first-order valence-electron chi connectivity index (χ1n) is 4.67. The number of pyridine rings is 1. The third-order valence-corrected chi connectivity index (χ3v) is 2.40. The maximum atomic E-state index is 8.67. The van der Waals surface area contributed by atoms with Crippen molar-refractivity contribution in [1.82, 2.24) is 15.0 Å². The van der Waals surface area contributed by atoms with Crippen molar-refractivity contribution in [2.45, 2.75) is 13.3 Å². The second-order valence-corrected chi connectivity index (χ2v) is 3.41. The van der Waals surface area contributed by atoms with Gasteiger partial charge in [0.1, 0.15) is 5.82 Å². The molecule has 0 bridgehead atoms. The Morgan fingerprint density at radius 3 is 2.81 bits per heavy atom. The molecule has 2 aromatic rings. The van der Waals surface area contributed by atoms with Crippen LogP contribution < -0.4 is 11.5 Å². The summed E-state index contributed by atoms with van der Waals surface area (Å²) in [7, 11) is 0. The molecular formula is C10H10N6. The summed E-state index contributed by atoms with van der Waals surface area (Å²) in [5.74, 6) is 0.400. The fourth-order valence-corrected chi connectivity index (χ4v) is 1.60. The van der Waals surface area contributed by atoms with Crippen LogP contribution in [0.25, 0.3) is 11.0 Å². The van der Waals surface area contributed by atoms with Crippen molar-refractivity contribution in [3.63, 3.8) is 0 Å². The molecule has 0 saturated carbocycles. The van der Waals surface area contributed by atoms with Gasteiger partial charge in [-0.2, -0.15) is 15.2 Å². The molecule has 0 aliphatic heterocycles. The number of hydrogen-bond acceptors (Lipinski definition) is 6. The van der Waals surface area contributed by atoms with Crippen LogP contribution in [0, 0.1) is 18.3 Å². The molecule has 0 amide bonds. The Kier molecular flexibility index (Phi) is 2.29. The lowest BCUT2D eigenvalue weighted by Gasteiger charge is -2.07. The van der Waals surface area contributed by atoms with Crippen molar-refractivity contribution < 1.29 is 0 Å².